The first kappa shape index (κ1) is 9.19. The van der Waals surface area contributed by atoms with Gasteiger partial charge in [0.05, 0.1) is 0 Å². The van der Waals surface area contributed by atoms with Crippen molar-refractivity contribution in [1.82, 2.24) is 0 Å². The second-order valence-corrected chi connectivity index (χ2v) is 3.45. The van der Waals surface area contributed by atoms with Crippen LogP contribution in [-0.2, 0) is 0 Å². The zero-order valence-corrected chi connectivity index (χ0v) is 7.69. The van der Waals surface area contributed by atoms with Crippen molar-refractivity contribution in [3.8, 4) is 0 Å². The van der Waals surface area contributed by atoms with E-state index < -0.39 is 11.6 Å². The molecule has 2 N–H and O–H groups in total. The molecule has 74 valence electrons. The fourth-order valence-corrected chi connectivity index (χ4v) is 1.79. The van der Waals surface area contributed by atoms with Crippen LogP contribution < -0.4 is 5.73 Å². The van der Waals surface area contributed by atoms with E-state index in [2.05, 4.69) is 0 Å². The van der Waals surface area contributed by atoms with Gasteiger partial charge in [-0.25, -0.2) is 8.78 Å². The van der Waals surface area contributed by atoms with Crippen molar-refractivity contribution in [2.75, 3.05) is 5.73 Å². The number of hydrogen-bond donors (Lipinski definition) is 1. The van der Waals surface area contributed by atoms with E-state index in [0.717, 1.165) is 30.9 Å². The van der Waals surface area contributed by atoms with Crippen molar-refractivity contribution in [2.24, 2.45) is 0 Å². The molecule has 2 rings (SSSR count). The molecule has 3 heteroatoms. The maximum absolute atomic E-state index is 13.4. The van der Waals surface area contributed by atoms with Crippen LogP contribution >= 0.6 is 0 Å². The van der Waals surface area contributed by atoms with Crippen LogP contribution in [0.25, 0.3) is 5.57 Å². The van der Waals surface area contributed by atoms with Gasteiger partial charge in [-0.1, -0.05) is 6.08 Å². The summed E-state index contributed by atoms with van der Waals surface area (Å²) in [7, 11) is 0. The summed E-state index contributed by atoms with van der Waals surface area (Å²) in [5.41, 5.74) is 7.02. The normalized spacial score (nSPS) is 15.7. The lowest BCUT2D eigenvalue weighted by Crippen LogP contribution is -1.99. The molecule has 0 aromatic heterocycles. The third-order valence-corrected chi connectivity index (χ3v) is 2.49. The van der Waals surface area contributed by atoms with Gasteiger partial charge in [0.2, 0.25) is 0 Å². The Bertz CT molecular complexity index is 397. The Morgan fingerprint density at radius 1 is 1.21 bits per heavy atom. The average Bonchev–Trinajstić information content (AvgIpc) is 2.65. The summed E-state index contributed by atoms with van der Waals surface area (Å²) >= 11 is 0. The van der Waals surface area contributed by atoms with Crippen molar-refractivity contribution in [1.29, 1.82) is 0 Å². The molecular weight excluding hydrogens is 184 g/mol. The lowest BCUT2D eigenvalue weighted by atomic mass is 10.0. The van der Waals surface area contributed by atoms with E-state index in [0.29, 0.717) is 5.69 Å². The molecule has 0 spiro atoms. The van der Waals surface area contributed by atoms with E-state index in [4.69, 9.17) is 5.73 Å². The number of benzene rings is 1. The molecule has 1 nitrogen and oxygen atoms in total. The van der Waals surface area contributed by atoms with Crippen molar-refractivity contribution >= 4 is 11.3 Å². The minimum Gasteiger partial charge on any atom is -0.398 e. The smallest absolute Gasteiger partial charge is 0.168 e. The maximum Gasteiger partial charge on any atom is 0.168 e. The molecular formula is C11H11F2N. The number of anilines is 1. The lowest BCUT2D eigenvalue weighted by Gasteiger charge is -2.08. The predicted octanol–water partition coefficient (Wildman–Crippen LogP) is 3.11. The molecule has 0 heterocycles. The van der Waals surface area contributed by atoms with Crippen LogP contribution in [0.3, 0.4) is 0 Å². The number of nitrogen functional groups attached to an aromatic ring is 1. The Hall–Kier alpha value is -1.38. The number of allylic oxidation sites excluding steroid dienone is 2. The van der Waals surface area contributed by atoms with Gasteiger partial charge in [-0.15, -0.1) is 0 Å². The fraction of sp³-hybridized carbons (Fsp3) is 0.273. The van der Waals surface area contributed by atoms with Gasteiger partial charge >= 0.3 is 0 Å². The van der Waals surface area contributed by atoms with Crippen LogP contribution in [0.15, 0.2) is 18.2 Å². The average molecular weight is 195 g/mol. The molecule has 0 bridgehead atoms. The number of hydrogen-bond acceptors (Lipinski definition) is 1. The van der Waals surface area contributed by atoms with Gasteiger partial charge in [0.15, 0.2) is 11.6 Å². The van der Waals surface area contributed by atoms with E-state index in [1.165, 1.54) is 6.07 Å². The van der Waals surface area contributed by atoms with Crippen molar-refractivity contribution in [3.63, 3.8) is 0 Å². The second kappa shape index (κ2) is 3.40. The van der Waals surface area contributed by atoms with E-state index in [1.54, 1.807) is 0 Å². The van der Waals surface area contributed by atoms with Gasteiger partial charge in [0.1, 0.15) is 0 Å². The van der Waals surface area contributed by atoms with Gasteiger partial charge in [-0.3, -0.25) is 0 Å². The molecule has 0 amide bonds. The standard InChI is InChI=1S/C11H11F2N/c12-8-5-6-9(14)10(11(8)13)7-3-1-2-4-7/h3,5-6H,1-2,4,14H2. The predicted molar refractivity (Wildman–Crippen MR) is 52.6 cm³/mol. The third kappa shape index (κ3) is 1.39. The monoisotopic (exact) mass is 195 g/mol. The highest BCUT2D eigenvalue weighted by Gasteiger charge is 2.17. The molecule has 14 heavy (non-hydrogen) atoms. The van der Waals surface area contributed by atoms with Crippen molar-refractivity contribution < 1.29 is 8.78 Å². The highest BCUT2D eigenvalue weighted by Crippen LogP contribution is 2.33. The fourth-order valence-electron chi connectivity index (χ4n) is 1.79. The Morgan fingerprint density at radius 3 is 2.64 bits per heavy atom. The lowest BCUT2D eigenvalue weighted by molar-refractivity contribution is 0.506. The summed E-state index contributed by atoms with van der Waals surface area (Å²) in [6.07, 6.45) is 4.62. The summed E-state index contributed by atoms with van der Waals surface area (Å²) in [6.45, 7) is 0. The molecule has 0 aliphatic heterocycles. The Kier molecular flexibility index (Phi) is 2.23. The van der Waals surface area contributed by atoms with E-state index in [9.17, 15) is 8.78 Å². The molecule has 1 aliphatic rings. The van der Waals surface area contributed by atoms with Crippen molar-refractivity contribution in [2.45, 2.75) is 19.3 Å². The van der Waals surface area contributed by atoms with Crippen LogP contribution in [0, 0.1) is 11.6 Å². The number of nitrogens with two attached hydrogens (primary N) is 1. The largest absolute Gasteiger partial charge is 0.398 e. The van der Waals surface area contributed by atoms with E-state index in [-0.39, 0.29) is 5.56 Å². The molecule has 0 fully saturated rings. The summed E-state index contributed by atoms with van der Waals surface area (Å²) in [5, 5.41) is 0. The zero-order chi connectivity index (χ0) is 10.1. The summed E-state index contributed by atoms with van der Waals surface area (Å²) in [6, 6.07) is 2.47. The molecule has 0 radical (unpaired) electrons. The van der Waals surface area contributed by atoms with Gasteiger partial charge in [0.25, 0.3) is 0 Å². The minimum atomic E-state index is -0.831. The summed E-state index contributed by atoms with van der Waals surface area (Å²) < 4.78 is 26.4. The SMILES string of the molecule is Nc1ccc(F)c(F)c1C1=CCCC1. The molecule has 0 unspecified atom stereocenters. The first-order valence-electron chi connectivity index (χ1n) is 4.63. The summed E-state index contributed by atoms with van der Waals surface area (Å²) in [4.78, 5) is 0. The number of rotatable bonds is 1. The molecule has 1 aliphatic carbocycles. The van der Waals surface area contributed by atoms with Crippen LogP contribution in [0.4, 0.5) is 14.5 Å². The van der Waals surface area contributed by atoms with Crippen LogP contribution in [0.5, 0.6) is 0 Å². The first-order valence-corrected chi connectivity index (χ1v) is 4.63. The van der Waals surface area contributed by atoms with Crippen molar-refractivity contribution in [3.05, 3.63) is 35.4 Å². The van der Waals surface area contributed by atoms with Gasteiger partial charge in [-0.2, -0.15) is 0 Å². The third-order valence-electron chi connectivity index (χ3n) is 2.49. The first-order chi connectivity index (χ1) is 6.70. The molecule has 1 aromatic rings. The van der Waals surface area contributed by atoms with E-state index >= 15 is 0 Å². The van der Waals surface area contributed by atoms with Gasteiger partial charge < -0.3 is 5.73 Å². The molecule has 0 saturated carbocycles. The maximum atomic E-state index is 13.4. The van der Waals surface area contributed by atoms with E-state index in [1.807, 2.05) is 6.08 Å². The van der Waals surface area contributed by atoms with Crippen LogP contribution in [0.1, 0.15) is 24.8 Å². The van der Waals surface area contributed by atoms with Crippen LogP contribution in [0.2, 0.25) is 0 Å². The molecule has 1 aromatic carbocycles. The Morgan fingerprint density at radius 2 is 2.00 bits per heavy atom. The minimum absolute atomic E-state index is 0.252. The Labute approximate surface area is 81.2 Å². The quantitative estimate of drug-likeness (QED) is 0.684. The zero-order valence-electron chi connectivity index (χ0n) is 7.69. The second-order valence-electron chi connectivity index (χ2n) is 3.45. The number of halogens is 2. The highest BCUT2D eigenvalue weighted by molar-refractivity contribution is 5.76. The Balaban J connectivity index is 2.55. The van der Waals surface area contributed by atoms with Crippen LogP contribution in [-0.4, -0.2) is 0 Å². The van der Waals surface area contributed by atoms with Gasteiger partial charge in [0, 0.05) is 11.3 Å². The molecule has 0 saturated heterocycles. The van der Waals surface area contributed by atoms with Gasteiger partial charge in [-0.05, 0) is 37.0 Å². The highest BCUT2D eigenvalue weighted by atomic mass is 19.2. The molecule has 0 atom stereocenters. The summed E-state index contributed by atoms with van der Waals surface area (Å²) in [5.74, 6) is -1.65. The topological polar surface area (TPSA) is 26.0 Å².